The van der Waals surface area contributed by atoms with E-state index in [1.165, 1.54) is 18.2 Å². The van der Waals surface area contributed by atoms with Gasteiger partial charge in [-0.2, -0.15) is 0 Å². The van der Waals surface area contributed by atoms with Crippen LogP contribution < -0.4 is 11.1 Å². The Morgan fingerprint density at radius 1 is 1.26 bits per heavy atom. The van der Waals surface area contributed by atoms with E-state index in [9.17, 15) is 9.90 Å². The Balaban J connectivity index is 2.23. The highest BCUT2D eigenvalue weighted by Crippen LogP contribution is 2.25. The van der Waals surface area contributed by atoms with Gasteiger partial charge in [0.05, 0.1) is 16.4 Å². The average Bonchev–Trinajstić information content (AvgIpc) is 2.36. The van der Waals surface area contributed by atoms with Gasteiger partial charge in [0, 0.05) is 5.56 Å². The molecule has 0 aliphatic carbocycles. The Hall–Kier alpha value is -2.20. The molecule has 0 radical (unpaired) electrons. The number of amides is 1. The normalized spacial score (nSPS) is 10.2. The molecule has 4 N–H and O–H groups in total. The van der Waals surface area contributed by atoms with Crippen LogP contribution in [0.5, 0.6) is 5.75 Å². The van der Waals surface area contributed by atoms with Crippen LogP contribution in [0.2, 0.25) is 5.02 Å². The zero-order valence-electron chi connectivity index (χ0n) is 10.3. The molecule has 0 fully saturated rings. The number of phenols is 1. The fourth-order valence-electron chi connectivity index (χ4n) is 1.60. The number of aryl methyl sites for hydroxylation is 1. The van der Waals surface area contributed by atoms with E-state index in [0.717, 1.165) is 5.56 Å². The number of phenolic OH excluding ortho intramolecular Hbond substituents is 1. The standard InChI is InChI=1S/C14H13ClN2O2/c1-8-2-5-12(10(15)6-8)17-14(19)9-3-4-11(16)13(18)7-9/h2-7,18H,16H2,1H3,(H,17,19). The first-order valence-electron chi connectivity index (χ1n) is 5.63. The lowest BCUT2D eigenvalue weighted by Crippen LogP contribution is -2.12. The van der Waals surface area contributed by atoms with Crippen molar-refractivity contribution in [2.75, 3.05) is 11.1 Å². The molecule has 2 rings (SSSR count). The van der Waals surface area contributed by atoms with E-state index in [4.69, 9.17) is 17.3 Å². The molecule has 0 unspecified atom stereocenters. The van der Waals surface area contributed by atoms with Gasteiger partial charge in [0.2, 0.25) is 0 Å². The lowest BCUT2D eigenvalue weighted by Gasteiger charge is -2.08. The molecule has 2 aromatic carbocycles. The van der Waals surface area contributed by atoms with Crippen molar-refractivity contribution in [1.82, 2.24) is 0 Å². The zero-order valence-corrected chi connectivity index (χ0v) is 11.0. The Morgan fingerprint density at radius 2 is 2.00 bits per heavy atom. The van der Waals surface area contributed by atoms with Gasteiger partial charge in [-0.1, -0.05) is 17.7 Å². The van der Waals surface area contributed by atoms with Gasteiger partial charge < -0.3 is 16.2 Å². The van der Waals surface area contributed by atoms with Gasteiger partial charge in [-0.3, -0.25) is 4.79 Å². The van der Waals surface area contributed by atoms with Gasteiger partial charge in [0.15, 0.2) is 0 Å². The number of carbonyl (C=O) groups is 1. The smallest absolute Gasteiger partial charge is 0.255 e. The van der Waals surface area contributed by atoms with E-state index in [0.29, 0.717) is 16.3 Å². The third-order valence-electron chi connectivity index (χ3n) is 2.67. The summed E-state index contributed by atoms with van der Waals surface area (Å²) in [5, 5.41) is 12.6. The minimum atomic E-state index is -0.360. The lowest BCUT2D eigenvalue weighted by atomic mass is 10.1. The first-order chi connectivity index (χ1) is 8.97. The molecule has 0 bridgehead atoms. The molecule has 0 aromatic heterocycles. The number of nitrogens with one attached hydrogen (secondary N) is 1. The molecule has 0 saturated heterocycles. The fourth-order valence-corrected chi connectivity index (χ4v) is 1.88. The molecule has 19 heavy (non-hydrogen) atoms. The van der Waals surface area contributed by atoms with E-state index in [1.54, 1.807) is 12.1 Å². The van der Waals surface area contributed by atoms with Crippen LogP contribution in [-0.4, -0.2) is 11.0 Å². The Bertz CT molecular complexity index is 641. The summed E-state index contributed by atoms with van der Waals surface area (Å²) in [7, 11) is 0. The van der Waals surface area contributed by atoms with Crippen LogP contribution >= 0.6 is 11.6 Å². The van der Waals surface area contributed by atoms with E-state index < -0.39 is 0 Å². The number of benzene rings is 2. The van der Waals surface area contributed by atoms with Crippen LogP contribution in [-0.2, 0) is 0 Å². The number of halogens is 1. The topological polar surface area (TPSA) is 75.4 Å². The quantitative estimate of drug-likeness (QED) is 0.582. The van der Waals surface area contributed by atoms with Crippen LogP contribution in [0.4, 0.5) is 11.4 Å². The van der Waals surface area contributed by atoms with Gasteiger partial charge in [0.25, 0.3) is 5.91 Å². The second-order valence-electron chi connectivity index (χ2n) is 4.21. The number of nitrogen functional groups attached to an aromatic ring is 1. The number of anilines is 2. The van der Waals surface area contributed by atoms with Crippen LogP contribution in [0.3, 0.4) is 0 Å². The minimum absolute atomic E-state index is 0.123. The zero-order chi connectivity index (χ0) is 14.0. The van der Waals surface area contributed by atoms with Gasteiger partial charge >= 0.3 is 0 Å². The van der Waals surface area contributed by atoms with Crippen molar-refractivity contribution in [3.63, 3.8) is 0 Å². The second kappa shape index (κ2) is 5.20. The van der Waals surface area contributed by atoms with E-state index in [1.807, 2.05) is 13.0 Å². The van der Waals surface area contributed by atoms with Crippen molar-refractivity contribution < 1.29 is 9.90 Å². The van der Waals surface area contributed by atoms with Gasteiger partial charge in [-0.15, -0.1) is 0 Å². The number of hydrogen-bond donors (Lipinski definition) is 3. The predicted molar refractivity (Wildman–Crippen MR) is 76.7 cm³/mol. The third-order valence-corrected chi connectivity index (χ3v) is 2.98. The highest BCUT2D eigenvalue weighted by Gasteiger charge is 2.10. The number of nitrogens with two attached hydrogens (primary N) is 1. The van der Waals surface area contributed by atoms with Gasteiger partial charge in [-0.25, -0.2) is 0 Å². The third kappa shape index (κ3) is 2.98. The lowest BCUT2D eigenvalue weighted by molar-refractivity contribution is 0.102. The molecule has 0 heterocycles. The second-order valence-corrected chi connectivity index (χ2v) is 4.62. The molecular weight excluding hydrogens is 264 g/mol. The van der Waals surface area contributed by atoms with Crippen LogP contribution in [0.1, 0.15) is 15.9 Å². The Kier molecular flexibility index (Phi) is 3.62. The van der Waals surface area contributed by atoms with E-state index in [-0.39, 0.29) is 17.3 Å². The maximum atomic E-state index is 12.0. The highest BCUT2D eigenvalue weighted by atomic mass is 35.5. The maximum absolute atomic E-state index is 12.0. The van der Waals surface area contributed by atoms with Crippen LogP contribution in [0.25, 0.3) is 0 Å². The molecule has 0 spiro atoms. The predicted octanol–water partition coefficient (Wildman–Crippen LogP) is 3.19. The molecule has 0 aliphatic rings. The molecule has 1 amide bonds. The molecule has 4 nitrogen and oxygen atoms in total. The van der Waals surface area contributed by atoms with Gasteiger partial charge in [0.1, 0.15) is 5.75 Å². The number of hydrogen-bond acceptors (Lipinski definition) is 3. The van der Waals surface area contributed by atoms with Crippen LogP contribution in [0.15, 0.2) is 36.4 Å². The molecule has 0 aliphatic heterocycles. The largest absolute Gasteiger partial charge is 0.506 e. The average molecular weight is 277 g/mol. The first kappa shape index (κ1) is 13.2. The van der Waals surface area contributed by atoms with Gasteiger partial charge in [-0.05, 0) is 42.8 Å². The van der Waals surface area contributed by atoms with E-state index >= 15 is 0 Å². The summed E-state index contributed by atoms with van der Waals surface area (Å²) < 4.78 is 0. The minimum Gasteiger partial charge on any atom is -0.506 e. The summed E-state index contributed by atoms with van der Waals surface area (Å²) in [6, 6.07) is 9.66. The molecule has 0 atom stereocenters. The van der Waals surface area contributed by atoms with Crippen LogP contribution in [0, 0.1) is 6.92 Å². The van der Waals surface area contributed by atoms with Crippen molar-refractivity contribution in [2.45, 2.75) is 6.92 Å². The Morgan fingerprint density at radius 3 is 2.63 bits per heavy atom. The summed E-state index contributed by atoms with van der Waals surface area (Å²) in [5.41, 5.74) is 7.54. The van der Waals surface area contributed by atoms with Crippen molar-refractivity contribution >= 4 is 28.9 Å². The summed E-state index contributed by atoms with van der Waals surface area (Å²) >= 11 is 6.03. The SMILES string of the molecule is Cc1ccc(NC(=O)c2ccc(N)c(O)c2)c(Cl)c1. The van der Waals surface area contributed by atoms with Crippen molar-refractivity contribution in [2.24, 2.45) is 0 Å². The summed E-state index contributed by atoms with van der Waals surface area (Å²) in [5.74, 6) is -0.483. The van der Waals surface area contributed by atoms with Crippen molar-refractivity contribution in [3.05, 3.63) is 52.5 Å². The highest BCUT2D eigenvalue weighted by molar-refractivity contribution is 6.34. The molecule has 98 valence electrons. The molecule has 0 saturated carbocycles. The summed E-state index contributed by atoms with van der Waals surface area (Å²) in [4.78, 5) is 12.0. The van der Waals surface area contributed by atoms with E-state index in [2.05, 4.69) is 5.32 Å². The number of aromatic hydroxyl groups is 1. The van der Waals surface area contributed by atoms with Crippen molar-refractivity contribution in [3.8, 4) is 5.75 Å². The fraction of sp³-hybridized carbons (Fsp3) is 0.0714. The number of carbonyl (C=O) groups excluding carboxylic acids is 1. The van der Waals surface area contributed by atoms with Crippen molar-refractivity contribution in [1.29, 1.82) is 0 Å². The Labute approximate surface area is 115 Å². The monoisotopic (exact) mass is 276 g/mol. The summed E-state index contributed by atoms with van der Waals surface area (Å²) in [6.07, 6.45) is 0. The number of rotatable bonds is 2. The first-order valence-corrected chi connectivity index (χ1v) is 6.01. The molecule has 5 heteroatoms. The summed E-state index contributed by atoms with van der Waals surface area (Å²) in [6.45, 7) is 1.91. The molecular formula is C14H13ClN2O2. The maximum Gasteiger partial charge on any atom is 0.255 e. The molecule has 2 aromatic rings.